The Morgan fingerprint density at radius 3 is 2.82 bits per heavy atom. The number of anilines is 1. The number of hydrogen-bond acceptors (Lipinski definition) is 5. The van der Waals surface area contributed by atoms with E-state index in [4.69, 9.17) is 23.2 Å². The summed E-state index contributed by atoms with van der Waals surface area (Å²) in [5.41, 5.74) is 3.01. The van der Waals surface area contributed by atoms with Crippen molar-refractivity contribution in [3.63, 3.8) is 0 Å². The third-order valence-electron chi connectivity index (χ3n) is 7.06. The second-order valence-corrected chi connectivity index (χ2v) is 9.98. The molecule has 2 unspecified atom stereocenters. The summed E-state index contributed by atoms with van der Waals surface area (Å²) in [7, 11) is 0. The number of nitrogens with one attached hydrogen (secondary N) is 1. The molecule has 0 radical (unpaired) electrons. The first-order valence-corrected chi connectivity index (χ1v) is 12.5. The number of carbonyl (C=O) groups excluding carboxylic acids is 1. The third-order valence-corrected chi connectivity index (χ3v) is 7.62. The van der Waals surface area contributed by atoms with E-state index in [-0.39, 0.29) is 30.6 Å². The highest BCUT2D eigenvalue weighted by Crippen LogP contribution is 2.32. The van der Waals surface area contributed by atoms with Gasteiger partial charge in [0.2, 0.25) is 5.91 Å². The zero-order valence-corrected chi connectivity index (χ0v) is 20.6. The summed E-state index contributed by atoms with van der Waals surface area (Å²) in [5, 5.41) is 20.3. The zero-order chi connectivity index (χ0) is 23.8. The van der Waals surface area contributed by atoms with Crippen molar-refractivity contribution in [2.45, 2.75) is 37.9 Å². The molecule has 3 heterocycles. The minimum absolute atomic E-state index is 0.0543. The van der Waals surface area contributed by atoms with Gasteiger partial charge in [-0.05, 0) is 62.2 Å². The lowest BCUT2D eigenvalue weighted by atomic mass is 10.1. The van der Waals surface area contributed by atoms with E-state index in [0.29, 0.717) is 29.7 Å². The number of rotatable bonds is 5. The summed E-state index contributed by atoms with van der Waals surface area (Å²) in [6, 6.07) is 11.4. The minimum Gasteiger partial charge on any atom is -0.394 e. The number of piperazine rings is 1. The van der Waals surface area contributed by atoms with Gasteiger partial charge >= 0.3 is 0 Å². The second-order valence-electron chi connectivity index (χ2n) is 9.14. The molecule has 2 fully saturated rings. The Balaban J connectivity index is 1.39. The van der Waals surface area contributed by atoms with Gasteiger partial charge in [0, 0.05) is 40.8 Å². The fraction of sp³-hybridized carbons (Fsp3) is 0.440. The molecule has 180 valence electrons. The molecule has 5 rings (SSSR count). The predicted octanol–water partition coefficient (Wildman–Crippen LogP) is 3.71. The van der Waals surface area contributed by atoms with Gasteiger partial charge in [-0.25, -0.2) is 0 Å². The van der Waals surface area contributed by atoms with Gasteiger partial charge in [0.25, 0.3) is 0 Å². The highest BCUT2D eigenvalue weighted by Gasteiger charge is 2.35. The summed E-state index contributed by atoms with van der Waals surface area (Å²) in [6.45, 7) is 4.79. The maximum atomic E-state index is 13.0. The van der Waals surface area contributed by atoms with Crippen molar-refractivity contribution in [1.29, 1.82) is 0 Å². The van der Waals surface area contributed by atoms with E-state index < -0.39 is 0 Å². The van der Waals surface area contributed by atoms with Crippen LogP contribution < -0.4 is 10.2 Å². The Morgan fingerprint density at radius 1 is 1.24 bits per heavy atom. The van der Waals surface area contributed by atoms with Crippen LogP contribution in [-0.4, -0.2) is 70.6 Å². The lowest BCUT2D eigenvalue weighted by Crippen LogP contribution is -2.59. The van der Waals surface area contributed by atoms with Crippen LogP contribution in [0.5, 0.6) is 0 Å². The number of benzene rings is 2. The highest BCUT2D eigenvalue weighted by atomic mass is 35.5. The van der Waals surface area contributed by atoms with Gasteiger partial charge in [-0.2, -0.15) is 5.10 Å². The Morgan fingerprint density at radius 2 is 2.09 bits per heavy atom. The molecule has 3 atom stereocenters. The molecule has 2 saturated heterocycles. The van der Waals surface area contributed by atoms with Crippen LogP contribution in [0.25, 0.3) is 10.9 Å². The van der Waals surface area contributed by atoms with Crippen molar-refractivity contribution in [3.8, 4) is 0 Å². The summed E-state index contributed by atoms with van der Waals surface area (Å²) < 4.78 is 1.98. The van der Waals surface area contributed by atoms with Crippen molar-refractivity contribution in [2.75, 3.05) is 37.7 Å². The lowest BCUT2D eigenvalue weighted by molar-refractivity contribution is -0.136. The van der Waals surface area contributed by atoms with E-state index >= 15 is 0 Å². The Hall–Kier alpha value is -2.32. The number of amides is 1. The first-order chi connectivity index (χ1) is 16.5. The number of carbonyl (C=O) groups is 1. The van der Waals surface area contributed by atoms with E-state index in [1.807, 2.05) is 27.9 Å². The van der Waals surface area contributed by atoms with E-state index in [0.717, 1.165) is 41.5 Å². The van der Waals surface area contributed by atoms with Crippen LogP contribution in [0.1, 0.15) is 31.4 Å². The molecule has 0 aliphatic carbocycles. The van der Waals surface area contributed by atoms with Crippen molar-refractivity contribution in [1.82, 2.24) is 20.0 Å². The van der Waals surface area contributed by atoms with Crippen molar-refractivity contribution in [2.24, 2.45) is 0 Å². The average molecular weight is 502 g/mol. The fourth-order valence-corrected chi connectivity index (χ4v) is 5.70. The molecule has 0 bridgehead atoms. The van der Waals surface area contributed by atoms with Crippen molar-refractivity contribution < 1.29 is 9.90 Å². The van der Waals surface area contributed by atoms with Gasteiger partial charge in [-0.15, -0.1) is 0 Å². The van der Waals surface area contributed by atoms with Crippen LogP contribution in [0.3, 0.4) is 0 Å². The molecule has 2 aliphatic heterocycles. The van der Waals surface area contributed by atoms with Gasteiger partial charge in [-0.3, -0.25) is 9.48 Å². The minimum atomic E-state index is -0.226. The maximum absolute atomic E-state index is 13.0. The molecule has 0 spiro atoms. The summed E-state index contributed by atoms with van der Waals surface area (Å²) in [5.74, 6) is 0.110. The second kappa shape index (κ2) is 9.74. The Bertz CT molecular complexity index is 1190. The van der Waals surface area contributed by atoms with Gasteiger partial charge in [0.15, 0.2) is 0 Å². The number of aliphatic hydroxyl groups is 1. The lowest BCUT2D eigenvalue weighted by Gasteiger charge is -2.42. The normalized spacial score (nSPS) is 21.9. The third kappa shape index (κ3) is 4.38. The van der Waals surface area contributed by atoms with Crippen LogP contribution in [0.15, 0.2) is 42.6 Å². The molecule has 9 heteroatoms. The topological polar surface area (TPSA) is 73.6 Å². The summed E-state index contributed by atoms with van der Waals surface area (Å²) in [6.07, 6.45) is 3.75. The molecular formula is C25H29Cl2N5O2. The van der Waals surface area contributed by atoms with Crippen molar-refractivity contribution in [3.05, 3.63) is 58.2 Å². The zero-order valence-electron chi connectivity index (χ0n) is 19.1. The molecule has 2 N–H and O–H groups in total. The molecule has 1 amide bonds. The van der Waals surface area contributed by atoms with Crippen LogP contribution >= 0.6 is 23.2 Å². The van der Waals surface area contributed by atoms with Gasteiger partial charge < -0.3 is 20.2 Å². The molecule has 0 saturated carbocycles. The summed E-state index contributed by atoms with van der Waals surface area (Å²) in [4.78, 5) is 17.1. The maximum Gasteiger partial charge on any atom is 0.240 e. The van der Waals surface area contributed by atoms with Crippen LogP contribution in [0.2, 0.25) is 10.0 Å². The quantitative estimate of drug-likeness (QED) is 0.557. The Kier molecular flexibility index (Phi) is 6.71. The standard InChI is InChI=1S/C25H29Cl2N5O2/c1-16(21-7-5-18(26)11-22(21)27)32-24-12-19(6-4-17(24)13-29-32)30-9-10-31(20(14-30)15-33)25(34)23-3-2-8-28-23/h4-7,11-13,16,20,23,28,33H,2-3,8-10,14-15H2,1H3/t16?,20-,23?/m0/s1. The monoisotopic (exact) mass is 501 g/mol. The largest absolute Gasteiger partial charge is 0.394 e. The van der Waals surface area contributed by atoms with E-state index in [2.05, 4.69) is 40.4 Å². The number of hydrogen-bond donors (Lipinski definition) is 2. The summed E-state index contributed by atoms with van der Waals surface area (Å²) >= 11 is 12.6. The molecule has 2 aliphatic rings. The number of fused-ring (bicyclic) bond motifs is 1. The van der Waals surface area contributed by atoms with E-state index in [1.54, 1.807) is 6.07 Å². The first kappa shape index (κ1) is 23.4. The molecule has 2 aromatic carbocycles. The molecule has 7 nitrogen and oxygen atoms in total. The predicted molar refractivity (Wildman–Crippen MR) is 136 cm³/mol. The van der Waals surface area contributed by atoms with Crippen molar-refractivity contribution >= 4 is 45.7 Å². The molecule has 1 aromatic heterocycles. The molecule has 3 aromatic rings. The number of aromatic nitrogens is 2. The molecular weight excluding hydrogens is 473 g/mol. The van der Waals surface area contributed by atoms with Gasteiger partial charge in [-0.1, -0.05) is 29.3 Å². The van der Waals surface area contributed by atoms with E-state index in [9.17, 15) is 9.90 Å². The number of halogens is 2. The Labute approximate surface area is 209 Å². The number of nitrogens with zero attached hydrogens (tertiary/aromatic N) is 4. The SMILES string of the molecule is CC(c1ccc(Cl)cc1Cl)n1ncc2ccc(N3CCN(C(=O)C4CCCN4)[C@H](CO)C3)cc21. The van der Waals surface area contributed by atoms with Crippen LogP contribution in [-0.2, 0) is 4.79 Å². The van der Waals surface area contributed by atoms with Crippen LogP contribution in [0, 0.1) is 0 Å². The fourth-order valence-electron chi connectivity index (χ4n) is 5.14. The number of aliphatic hydroxyl groups excluding tert-OH is 1. The van der Waals surface area contributed by atoms with E-state index in [1.165, 1.54) is 0 Å². The smallest absolute Gasteiger partial charge is 0.240 e. The molecule has 34 heavy (non-hydrogen) atoms. The first-order valence-electron chi connectivity index (χ1n) is 11.8. The van der Waals surface area contributed by atoms with Gasteiger partial charge in [0.1, 0.15) is 0 Å². The van der Waals surface area contributed by atoms with Gasteiger partial charge in [0.05, 0.1) is 36.4 Å². The highest BCUT2D eigenvalue weighted by molar-refractivity contribution is 6.35. The van der Waals surface area contributed by atoms with Crippen LogP contribution in [0.4, 0.5) is 5.69 Å². The average Bonchev–Trinajstić information content (AvgIpc) is 3.53.